The molecule has 0 spiro atoms. The summed E-state index contributed by atoms with van der Waals surface area (Å²) in [7, 11) is 1.42. The highest BCUT2D eigenvalue weighted by Crippen LogP contribution is 2.16. The third-order valence-corrected chi connectivity index (χ3v) is 2.36. The minimum Gasteiger partial charge on any atom is -0.469 e. The zero-order chi connectivity index (χ0) is 10.6. The molecule has 1 heterocycles. The Morgan fingerprint density at radius 1 is 1.57 bits per heavy atom. The van der Waals surface area contributed by atoms with Crippen LogP contribution in [0.2, 0.25) is 0 Å². The normalized spacial score (nSPS) is 21.9. The molecule has 0 N–H and O–H groups in total. The minimum absolute atomic E-state index is 0.0889. The number of methoxy groups -OCH3 is 1. The van der Waals surface area contributed by atoms with Crippen molar-refractivity contribution in [2.45, 2.75) is 25.9 Å². The summed E-state index contributed by atoms with van der Waals surface area (Å²) in [4.78, 5) is 13.2. The lowest BCUT2D eigenvalue weighted by atomic mass is 10.1. The van der Waals surface area contributed by atoms with E-state index in [2.05, 4.69) is 23.5 Å². The number of ether oxygens (including phenoxy) is 2. The number of carbonyl (C=O) groups is 1. The minimum atomic E-state index is -0.144. The summed E-state index contributed by atoms with van der Waals surface area (Å²) in [5.74, 6) is -0.144. The molecule has 0 bridgehead atoms. The van der Waals surface area contributed by atoms with Crippen molar-refractivity contribution in [1.82, 2.24) is 4.90 Å². The monoisotopic (exact) mass is 201 g/mol. The summed E-state index contributed by atoms with van der Waals surface area (Å²) in [5.41, 5.74) is -0.0889. The van der Waals surface area contributed by atoms with E-state index in [1.54, 1.807) is 0 Å². The number of nitrogens with zero attached hydrogens (tertiary/aromatic N) is 1. The van der Waals surface area contributed by atoms with Gasteiger partial charge in [-0.15, -0.1) is 0 Å². The molecule has 1 rings (SSSR count). The molecule has 0 saturated carbocycles. The van der Waals surface area contributed by atoms with Crippen LogP contribution in [-0.4, -0.2) is 49.8 Å². The van der Waals surface area contributed by atoms with Crippen molar-refractivity contribution in [1.29, 1.82) is 0 Å². The molecule has 14 heavy (non-hydrogen) atoms. The van der Waals surface area contributed by atoms with Crippen molar-refractivity contribution in [2.75, 3.05) is 33.4 Å². The first kappa shape index (κ1) is 11.5. The molecular formula is C10H19NO3. The molecule has 1 saturated heterocycles. The number of esters is 1. The average molecular weight is 201 g/mol. The third-order valence-electron chi connectivity index (χ3n) is 2.36. The Balaban J connectivity index is 2.28. The van der Waals surface area contributed by atoms with E-state index in [4.69, 9.17) is 4.74 Å². The van der Waals surface area contributed by atoms with Crippen molar-refractivity contribution in [2.24, 2.45) is 0 Å². The fourth-order valence-corrected chi connectivity index (χ4v) is 1.66. The molecule has 0 unspecified atom stereocenters. The van der Waals surface area contributed by atoms with Gasteiger partial charge >= 0.3 is 5.97 Å². The van der Waals surface area contributed by atoms with Gasteiger partial charge in [0.25, 0.3) is 0 Å². The van der Waals surface area contributed by atoms with Crippen LogP contribution in [0.4, 0.5) is 0 Å². The third kappa shape index (κ3) is 3.64. The smallest absolute Gasteiger partial charge is 0.306 e. The van der Waals surface area contributed by atoms with Gasteiger partial charge in [0.1, 0.15) is 0 Å². The molecule has 0 aromatic heterocycles. The van der Waals surface area contributed by atoms with Gasteiger partial charge in [-0.2, -0.15) is 0 Å². The van der Waals surface area contributed by atoms with Crippen molar-refractivity contribution < 1.29 is 14.3 Å². The molecule has 4 heteroatoms. The van der Waals surface area contributed by atoms with Gasteiger partial charge in [-0.1, -0.05) is 0 Å². The van der Waals surface area contributed by atoms with Gasteiger partial charge in [0.15, 0.2) is 0 Å². The predicted molar refractivity (Wildman–Crippen MR) is 53.1 cm³/mol. The van der Waals surface area contributed by atoms with Gasteiger partial charge in [0.2, 0.25) is 0 Å². The maximum atomic E-state index is 10.9. The molecule has 0 radical (unpaired) electrons. The first-order chi connectivity index (χ1) is 6.53. The van der Waals surface area contributed by atoms with Crippen LogP contribution in [0.15, 0.2) is 0 Å². The number of hydrogen-bond donors (Lipinski definition) is 0. The Labute approximate surface area is 85.2 Å². The van der Waals surface area contributed by atoms with Crippen LogP contribution >= 0.6 is 0 Å². The first-order valence-corrected chi connectivity index (χ1v) is 4.97. The lowest BCUT2D eigenvalue weighted by Gasteiger charge is -2.37. The number of hydrogen-bond acceptors (Lipinski definition) is 4. The van der Waals surface area contributed by atoms with Crippen molar-refractivity contribution in [3.8, 4) is 0 Å². The van der Waals surface area contributed by atoms with Crippen LogP contribution in [0.3, 0.4) is 0 Å². The van der Waals surface area contributed by atoms with E-state index in [1.807, 2.05) is 0 Å². The van der Waals surface area contributed by atoms with Gasteiger partial charge in [-0.05, 0) is 13.8 Å². The van der Waals surface area contributed by atoms with Gasteiger partial charge < -0.3 is 9.47 Å². The average Bonchev–Trinajstić information content (AvgIpc) is 2.12. The molecule has 0 amide bonds. The molecule has 0 aromatic rings. The van der Waals surface area contributed by atoms with Crippen LogP contribution < -0.4 is 0 Å². The van der Waals surface area contributed by atoms with E-state index in [9.17, 15) is 4.79 Å². The zero-order valence-corrected chi connectivity index (χ0v) is 9.21. The molecule has 0 atom stereocenters. The number of morpholine rings is 1. The second kappa shape index (κ2) is 4.75. The van der Waals surface area contributed by atoms with E-state index in [1.165, 1.54) is 7.11 Å². The molecule has 0 aliphatic carbocycles. The van der Waals surface area contributed by atoms with E-state index < -0.39 is 0 Å². The highest BCUT2D eigenvalue weighted by Gasteiger charge is 2.26. The Morgan fingerprint density at radius 2 is 2.29 bits per heavy atom. The Morgan fingerprint density at radius 3 is 2.86 bits per heavy atom. The first-order valence-electron chi connectivity index (χ1n) is 4.97. The quantitative estimate of drug-likeness (QED) is 0.629. The van der Waals surface area contributed by atoms with E-state index in [0.717, 1.165) is 26.2 Å². The molecular weight excluding hydrogens is 182 g/mol. The molecule has 1 aliphatic rings. The van der Waals surface area contributed by atoms with Crippen LogP contribution in [0, 0.1) is 0 Å². The van der Waals surface area contributed by atoms with Crippen molar-refractivity contribution in [3.05, 3.63) is 0 Å². The Hall–Kier alpha value is -0.610. The molecule has 1 aliphatic heterocycles. The summed E-state index contributed by atoms with van der Waals surface area (Å²) >= 11 is 0. The Kier molecular flexibility index (Phi) is 3.89. The number of rotatable bonds is 3. The van der Waals surface area contributed by atoms with E-state index in [-0.39, 0.29) is 11.6 Å². The van der Waals surface area contributed by atoms with Crippen LogP contribution in [0.5, 0.6) is 0 Å². The molecule has 1 fully saturated rings. The van der Waals surface area contributed by atoms with Crippen molar-refractivity contribution >= 4 is 5.97 Å². The van der Waals surface area contributed by atoms with Gasteiger partial charge in [-0.3, -0.25) is 9.69 Å². The molecule has 4 nitrogen and oxygen atoms in total. The zero-order valence-electron chi connectivity index (χ0n) is 9.21. The second-order valence-corrected chi connectivity index (χ2v) is 4.21. The Bertz CT molecular complexity index is 204. The number of carbonyl (C=O) groups excluding carboxylic acids is 1. The van der Waals surface area contributed by atoms with Gasteiger partial charge in [0, 0.05) is 19.6 Å². The lowest BCUT2D eigenvalue weighted by molar-refractivity contribution is -0.142. The fourth-order valence-electron chi connectivity index (χ4n) is 1.66. The summed E-state index contributed by atoms with van der Waals surface area (Å²) in [6.45, 7) is 7.42. The standard InChI is InChI=1S/C10H19NO3/c1-10(2)8-11(6-7-14-10)5-4-9(12)13-3/h4-8H2,1-3H3. The van der Waals surface area contributed by atoms with Crippen LogP contribution in [-0.2, 0) is 14.3 Å². The SMILES string of the molecule is COC(=O)CCN1CCOC(C)(C)C1. The highest BCUT2D eigenvalue weighted by atomic mass is 16.5. The summed E-state index contributed by atoms with van der Waals surface area (Å²) < 4.78 is 10.2. The molecule has 0 aromatic carbocycles. The van der Waals surface area contributed by atoms with E-state index in [0.29, 0.717) is 6.42 Å². The maximum Gasteiger partial charge on any atom is 0.306 e. The summed E-state index contributed by atoms with van der Waals surface area (Å²) in [6.07, 6.45) is 0.465. The van der Waals surface area contributed by atoms with Gasteiger partial charge in [0.05, 0.1) is 25.7 Å². The summed E-state index contributed by atoms with van der Waals surface area (Å²) in [6, 6.07) is 0. The lowest BCUT2D eigenvalue weighted by Crippen LogP contribution is -2.48. The fraction of sp³-hybridized carbons (Fsp3) is 0.900. The molecule has 82 valence electrons. The predicted octanol–water partition coefficient (Wildman–Crippen LogP) is 0.660. The van der Waals surface area contributed by atoms with Gasteiger partial charge in [-0.25, -0.2) is 0 Å². The maximum absolute atomic E-state index is 10.9. The highest BCUT2D eigenvalue weighted by molar-refractivity contribution is 5.69. The van der Waals surface area contributed by atoms with Crippen LogP contribution in [0.25, 0.3) is 0 Å². The summed E-state index contributed by atoms with van der Waals surface area (Å²) in [5, 5.41) is 0. The van der Waals surface area contributed by atoms with E-state index >= 15 is 0 Å². The second-order valence-electron chi connectivity index (χ2n) is 4.21. The largest absolute Gasteiger partial charge is 0.469 e. The topological polar surface area (TPSA) is 38.8 Å². The van der Waals surface area contributed by atoms with Crippen molar-refractivity contribution in [3.63, 3.8) is 0 Å². The van der Waals surface area contributed by atoms with Crippen LogP contribution in [0.1, 0.15) is 20.3 Å².